The molecule has 1 fully saturated rings. The van der Waals surface area contributed by atoms with Gasteiger partial charge in [-0.1, -0.05) is 12.1 Å². The Morgan fingerprint density at radius 2 is 2.24 bits per heavy atom. The van der Waals surface area contributed by atoms with Gasteiger partial charge >= 0.3 is 0 Å². The number of hydrogen-bond donors (Lipinski definition) is 3. The van der Waals surface area contributed by atoms with E-state index >= 15 is 0 Å². The van der Waals surface area contributed by atoms with Crippen molar-refractivity contribution in [2.75, 3.05) is 25.0 Å². The third-order valence-electron chi connectivity index (χ3n) is 3.40. The minimum Gasteiger partial charge on any atom is -0.375 e. The molecule has 6 heteroatoms. The number of carbonyl (C=O) groups excluding carboxylic acids is 1. The molecular formula is C15H18N4O2. The number of imidazole rings is 1. The fourth-order valence-electron chi connectivity index (χ4n) is 2.32. The first-order valence-electron chi connectivity index (χ1n) is 7.02. The van der Waals surface area contributed by atoms with E-state index in [0.29, 0.717) is 13.0 Å². The van der Waals surface area contributed by atoms with Crippen LogP contribution in [0, 0.1) is 0 Å². The molecule has 1 aliphatic rings. The summed E-state index contributed by atoms with van der Waals surface area (Å²) in [5.41, 5.74) is 2.77. The number of amides is 1. The number of aromatic nitrogens is 2. The fourth-order valence-corrected chi connectivity index (χ4v) is 2.32. The van der Waals surface area contributed by atoms with E-state index in [2.05, 4.69) is 20.6 Å². The maximum absolute atomic E-state index is 12.0. The highest BCUT2D eigenvalue weighted by Crippen LogP contribution is 2.19. The minimum absolute atomic E-state index is 0.0296. The average Bonchev–Trinajstić information content (AvgIpc) is 3.03. The highest BCUT2D eigenvalue weighted by atomic mass is 16.5. The molecule has 1 unspecified atom stereocenters. The molecule has 0 bridgehead atoms. The molecule has 6 nitrogen and oxygen atoms in total. The summed E-state index contributed by atoms with van der Waals surface area (Å²) in [7, 11) is 0. The van der Waals surface area contributed by atoms with Crippen LogP contribution in [-0.2, 0) is 9.53 Å². The maximum Gasteiger partial charge on any atom is 0.227 e. The molecule has 1 aromatic heterocycles. The zero-order valence-corrected chi connectivity index (χ0v) is 11.6. The van der Waals surface area contributed by atoms with Crippen LogP contribution in [0.4, 0.5) is 5.69 Å². The van der Waals surface area contributed by atoms with E-state index in [1.165, 1.54) is 0 Å². The number of benzene rings is 1. The zero-order valence-electron chi connectivity index (χ0n) is 11.6. The van der Waals surface area contributed by atoms with Gasteiger partial charge in [0.15, 0.2) is 0 Å². The van der Waals surface area contributed by atoms with E-state index < -0.39 is 0 Å². The fraction of sp³-hybridized carbons (Fsp3) is 0.333. The molecule has 0 spiro atoms. The van der Waals surface area contributed by atoms with E-state index in [9.17, 15) is 4.79 Å². The molecule has 1 amide bonds. The summed E-state index contributed by atoms with van der Waals surface area (Å²) in [6, 6.07) is 7.66. The lowest BCUT2D eigenvalue weighted by Crippen LogP contribution is -2.40. The van der Waals surface area contributed by atoms with Crippen LogP contribution in [0.1, 0.15) is 6.42 Å². The Kier molecular flexibility index (Phi) is 4.28. The third-order valence-corrected chi connectivity index (χ3v) is 3.40. The van der Waals surface area contributed by atoms with Crippen molar-refractivity contribution in [3.63, 3.8) is 0 Å². The first-order valence-corrected chi connectivity index (χ1v) is 7.02. The highest BCUT2D eigenvalue weighted by Gasteiger charge is 2.17. The number of morpholine rings is 1. The first kappa shape index (κ1) is 13.8. The van der Waals surface area contributed by atoms with Crippen molar-refractivity contribution in [3.8, 4) is 11.3 Å². The largest absolute Gasteiger partial charge is 0.375 e. The van der Waals surface area contributed by atoms with Crippen molar-refractivity contribution >= 4 is 11.6 Å². The first-order chi connectivity index (χ1) is 10.3. The van der Waals surface area contributed by atoms with Gasteiger partial charge in [0.2, 0.25) is 5.91 Å². The molecule has 2 heterocycles. The number of ether oxygens (including phenoxy) is 1. The van der Waals surface area contributed by atoms with Gasteiger partial charge in [-0.15, -0.1) is 0 Å². The third kappa shape index (κ3) is 3.68. The summed E-state index contributed by atoms with van der Waals surface area (Å²) < 4.78 is 5.52. The van der Waals surface area contributed by atoms with Crippen molar-refractivity contribution in [2.45, 2.75) is 12.5 Å². The van der Waals surface area contributed by atoms with Crippen molar-refractivity contribution in [3.05, 3.63) is 36.8 Å². The number of anilines is 1. The second-order valence-corrected chi connectivity index (χ2v) is 4.99. The predicted molar refractivity (Wildman–Crippen MR) is 79.9 cm³/mol. The molecule has 110 valence electrons. The van der Waals surface area contributed by atoms with Crippen molar-refractivity contribution in [1.82, 2.24) is 15.3 Å². The van der Waals surface area contributed by atoms with Gasteiger partial charge in [0.05, 0.1) is 37.3 Å². The van der Waals surface area contributed by atoms with E-state index in [4.69, 9.17) is 4.74 Å². The smallest absolute Gasteiger partial charge is 0.227 e. The summed E-state index contributed by atoms with van der Waals surface area (Å²) in [4.78, 5) is 19.0. The molecule has 1 atom stereocenters. The van der Waals surface area contributed by atoms with Gasteiger partial charge in [-0.3, -0.25) is 4.79 Å². The topological polar surface area (TPSA) is 79.0 Å². The summed E-state index contributed by atoms with van der Waals surface area (Å²) in [6.45, 7) is 2.25. The number of rotatable bonds is 4. The number of H-pyrrole nitrogens is 1. The molecule has 3 N–H and O–H groups in total. The van der Waals surface area contributed by atoms with Crippen LogP contribution in [-0.4, -0.2) is 41.7 Å². The highest BCUT2D eigenvalue weighted by molar-refractivity contribution is 5.91. The van der Waals surface area contributed by atoms with Gasteiger partial charge < -0.3 is 20.4 Å². The lowest BCUT2D eigenvalue weighted by molar-refractivity contribution is -0.119. The van der Waals surface area contributed by atoms with Gasteiger partial charge in [0.1, 0.15) is 0 Å². The Labute approximate surface area is 122 Å². The molecule has 21 heavy (non-hydrogen) atoms. The number of nitrogens with one attached hydrogen (secondary N) is 3. The van der Waals surface area contributed by atoms with Gasteiger partial charge in [-0.2, -0.15) is 0 Å². The molecule has 1 saturated heterocycles. The van der Waals surface area contributed by atoms with Crippen LogP contribution in [0.3, 0.4) is 0 Å². The lowest BCUT2D eigenvalue weighted by atomic mass is 10.1. The SMILES string of the molecule is O=C(CC1CNCCO1)Nc1ccc(-c2cnc[nH]2)cc1. The van der Waals surface area contributed by atoms with Gasteiger partial charge in [0.25, 0.3) is 0 Å². The van der Waals surface area contributed by atoms with E-state index in [1.807, 2.05) is 24.3 Å². The van der Waals surface area contributed by atoms with Gasteiger partial charge in [-0.05, 0) is 17.7 Å². The Morgan fingerprint density at radius 1 is 1.38 bits per heavy atom. The Balaban J connectivity index is 1.56. The van der Waals surface area contributed by atoms with Crippen molar-refractivity contribution in [1.29, 1.82) is 0 Å². The second-order valence-electron chi connectivity index (χ2n) is 4.99. The molecular weight excluding hydrogens is 268 g/mol. The van der Waals surface area contributed by atoms with Crippen LogP contribution in [0.25, 0.3) is 11.3 Å². The summed E-state index contributed by atoms with van der Waals surface area (Å²) in [5.74, 6) is -0.0296. The van der Waals surface area contributed by atoms with Crippen molar-refractivity contribution in [2.24, 2.45) is 0 Å². The number of aromatic amines is 1. The number of hydrogen-bond acceptors (Lipinski definition) is 4. The van der Waals surface area contributed by atoms with Crippen LogP contribution < -0.4 is 10.6 Å². The van der Waals surface area contributed by atoms with Crippen LogP contribution >= 0.6 is 0 Å². The van der Waals surface area contributed by atoms with E-state index in [0.717, 1.165) is 30.0 Å². The predicted octanol–water partition coefficient (Wildman–Crippen LogP) is 1.39. The summed E-state index contributed by atoms with van der Waals surface area (Å²) in [6.07, 6.45) is 3.74. The van der Waals surface area contributed by atoms with Crippen LogP contribution in [0.5, 0.6) is 0 Å². The minimum atomic E-state index is -0.0389. The maximum atomic E-state index is 12.0. The Bertz CT molecular complexity index is 574. The van der Waals surface area contributed by atoms with Gasteiger partial charge in [-0.25, -0.2) is 4.98 Å². The molecule has 0 aliphatic carbocycles. The lowest BCUT2D eigenvalue weighted by Gasteiger charge is -2.23. The van der Waals surface area contributed by atoms with Gasteiger partial charge in [0, 0.05) is 18.8 Å². The quantitative estimate of drug-likeness (QED) is 0.793. The number of carbonyl (C=O) groups is 1. The molecule has 3 rings (SSSR count). The molecule has 1 aliphatic heterocycles. The normalized spacial score (nSPS) is 18.4. The Hall–Kier alpha value is -2.18. The summed E-state index contributed by atoms with van der Waals surface area (Å²) in [5, 5.41) is 6.10. The van der Waals surface area contributed by atoms with Crippen LogP contribution in [0.15, 0.2) is 36.8 Å². The zero-order chi connectivity index (χ0) is 14.5. The average molecular weight is 286 g/mol. The second kappa shape index (κ2) is 6.51. The Morgan fingerprint density at radius 3 is 2.90 bits per heavy atom. The standard InChI is InChI=1S/C15H18N4O2/c20-15(7-13-8-16-5-6-21-13)19-12-3-1-11(2-4-12)14-9-17-10-18-14/h1-4,9-10,13,16H,5-8H2,(H,17,18)(H,19,20). The molecule has 0 radical (unpaired) electrons. The summed E-state index contributed by atoms with van der Waals surface area (Å²) >= 11 is 0. The molecule has 0 saturated carbocycles. The molecule has 2 aromatic rings. The van der Waals surface area contributed by atoms with E-state index in [-0.39, 0.29) is 12.0 Å². The van der Waals surface area contributed by atoms with Crippen molar-refractivity contribution < 1.29 is 9.53 Å². The molecule has 1 aromatic carbocycles. The van der Waals surface area contributed by atoms with E-state index in [1.54, 1.807) is 12.5 Å². The number of nitrogens with zero attached hydrogens (tertiary/aromatic N) is 1. The van der Waals surface area contributed by atoms with Crippen LogP contribution in [0.2, 0.25) is 0 Å². The monoisotopic (exact) mass is 286 g/mol.